The van der Waals surface area contributed by atoms with Crippen molar-refractivity contribution in [2.45, 2.75) is 26.8 Å². The Morgan fingerprint density at radius 1 is 1.31 bits per heavy atom. The lowest BCUT2D eigenvalue weighted by Crippen LogP contribution is -2.38. The number of aliphatic imine (C=N–C) groups is 1. The first-order chi connectivity index (χ1) is 12.0. The Morgan fingerprint density at radius 2 is 2.08 bits per heavy atom. The molecule has 8 heteroatoms. The molecule has 5 nitrogen and oxygen atoms in total. The summed E-state index contributed by atoms with van der Waals surface area (Å²) in [5.41, 5.74) is 1.42. The van der Waals surface area contributed by atoms with E-state index in [0.717, 1.165) is 36.0 Å². The van der Waals surface area contributed by atoms with Crippen LogP contribution in [0.25, 0.3) is 0 Å². The van der Waals surface area contributed by atoms with E-state index in [1.165, 1.54) is 4.88 Å². The van der Waals surface area contributed by atoms with Gasteiger partial charge in [-0.2, -0.15) is 0 Å². The first kappa shape index (κ1) is 22.6. The number of nitrogens with zero attached hydrogens (tertiary/aromatic N) is 3. The van der Waals surface area contributed by atoms with Gasteiger partial charge in [-0.15, -0.1) is 35.3 Å². The molecule has 0 fully saturated rings. The van der Waals surface area contributed by atoms with E-state index in [9.17, 15) is 4.39 Å². The Hall–Kier alpha value is -1.42. The number of rotatable bonds is 7. The maximum atomic E-state index is 14.0. The summed E-state index contributed by atoms with van der Waals surface area (Å²) in [6.45, 7) is 6.03. The van der Waals surface area contributed by atoms with Gasteiger partial charge in [0.05, 0.1) is 17.2 Å². The van der Waals surface area contributed by atoms with Crippen molar-refractivity contribution in [2.24, 2.45) is 4.99 Å². The van der Waals surface area contributed by atoms with Gasteiger partial charge in [-0.05, 0) is 31.5 Å². The largest absolute Gasteiger partial charge is 0.375 e. The van der Waals surface area contributed by atoms with Crippen LogP contribution in [0.1, 0.15) is 22.4 Å². The van der Waals surface area contributed by atoms with E-state index in [1.807, 2.05) is 33.3 Å². The highest BCUT2D eigenvalue weighted by Gasteiger charge is 2.06. The highest BCUT2D eigenvalue weighted by Crippen LogP contribution is 2.18. The summed E-state index contributed by atoms with van der Waals surface area (Å²) in [5, 5.41) is 7.62. The Kier molecular flexibility index (Phi) is 9.85. The minimum Gasteiger partial charge on any atom is -0.375 e. The molecule has 1 heterocycles. The molecule has 26 heavy (non-hydrogen) atoms. The fourth-order valence-corrected chi connectivity index (χ4v) is 3.11. The van der Waals surface area contributed by atoms with E-state index in [1.54, 1.807) is 28.4 Å². The van der Waals surface area contributed by atoms with Crippen molar-refractivity contribution in [2.75, 3.05) is 32.1 Å². The molecule has 0 spiro atoms. The molecule has 0 saturated carbocycles. The lowest BCUT2D eigenvalue weighted by Gasteiger charge is -2.14. The third kappa shape index (κ3) is 7.06. The van der Waals surface area contributed by atoms with E-state index in [0.29, 0.717) is 12.2 Å². The van der Waals surface area contributed by atoms with Gasteiger partial charge in [0.2, 0.25) is 0 Å². The smallest absolute Gasteiger partial charge is 0.191 e. The number of thiazole rings is 1. The molecule has 0 unspecified atom stereocenters. The van der Waals surface area contributed by atoms with Gasteiger partial charge in [-0.25, -0.2) is 14.4 Å². The molecule has 2 rings (SSSR count). The molecule has 144 valence electrons. The number of hydrogen-bond donors (Lipinski definition) is 2. The van der Waals surface area contributed by atoms with Gasteiger partial charge < -0.3 is 15.5 Å². The van der Waals surface area contributed by atoms with Gasteiger partial charge in [0.15, 0.2) is 5.96 Å². The number of aryl methyl sites for hydroxylation is 1. The van der Waals surface area contributed by atoms with Crippen LogP contribution in [0, 0.1) is 12.7 Å². The molecule has 1 aromatic carbocycles. The lowest BCUT2D eigenvalue weighted by atomic mass is 10.2. The Labute approximate surface area is 176 Å². The Bertz CT molecular complexity index is 717. The van der Waals surface area contributed by atoms with E-state index in [-0.39, 0.29) is 29.8 Å². The number of hydrogen-bond acceptors (Lipinski definition) is 4. The third-order valence-corrected chi connectivity index (χ3v) is 4.53. The van der Waals surface area contributed by atoms with Crippen molar-refractivity contribution in [3.8, 4) is 0 Å². The molecule has 0 atom stereocenters. The summed E-state index contributed by atoms with van der Waals surface area (Å²) in [6, 6.07) is 5.23. The van der Waals surface area contributed by atoms with Crippen molar-refractivity contribution >= 4 is 47.0 Å². The van der Waals surface area contributed by atoms with Gasteiger partial charge in [0.25, 0.3) is 0 Å². The molecular formula is C18H27FIN5S. The van der Waals surface area contributed by atoms with Crippen LogP contribution in [0.3, 0.4) is 0 Å². The number of anilines is 1. The zero-order valence-corrected chi connectivity index (χ0v) is 18.8. The van der Waals surface area contributed by atoms with Gasteiger partial charge >= 0.3 is 0 Å². The van der Waals surface area contributed by atoms with Crippen LogP contribution >= 0.6 is 35.3 Å². The fraction of sp³-hybridized carbons (Fsp3) is 0.444. The zero-order valence-electron chi connectivity index (χ0n) is 15.7. The van der Waals surface area contributed by atoms with Crippen LogP contribution in [0.15, 0.2) is 29.4 Å². The first-order valence-corrected chi connectivity index (χ1v) is 9.20. The van der Waals surface area contributed by atoms with E-state index >= 15 is 0 Å². The van der Waals surface area contributed by atoms with Crippen LogP contribution in [0.5, 0.6) is 0 Å². The van der Waals surface area contributed by atoms with Crippen LogP contribution in [0.4, 0.5) is 10.1 Å². The molecule has 0 amide bonds. The summed E-state index contributed by atoms with van der Waals surface area (Å²) >= 11 is 1.71. The lowest BCUT2D eigenvalue weighted by molar-refractivity contribution is 0.624. The van der Waals surface area contributed by atoms with Crippen LogP contribution in [-0.2, 0) is 13.0 Å². The molecule has 0 radical (unpaired) electrons. The average molecular weight is 491 g/mol. The molecule has 0 aliphatic carbocycles. The van der Waals surface area contributed by atoms with E-state index in [2.05, 4.69) is 27.5 Å². The van der Waals surface area contributed by atoms with Crippen molar-refractivity contribution in [3.63, 3.8) is 0 Å². The van der Waals surface area contributed by atoms with Crippen molar-refractivity contribution in [1.29, 1.82) is 0 Å². The third-order valence-electron chi connectivity index (χ3n) is 3.56. The first-order valence-electron chi connectivity index (χ1n) is 8.38. The van der Waals surface area contributed by atoms with E-state index in [4.69, 9.17) is 0 Å². The standard InChI is InChI=1S/C18H26FN5S.HI/c1-5-20-18(21-9-8-17-22-11-13(2)25-17)23-12-14-6-7-16(24(3)4)15(19)10-14;/h6-7,10-11H,5,8-9,12H2,1-4H3,(H2,20,21,23);1H. The number of nitrogens with one attached hydrogen (secondary N) is 2. The normalized spacial score (nSPS) is 11.0. The Balaban J connectivity index is 0.00000338. The summed E-state index contributed by atoms with van der Waals surface area (Å²) < 4.78 is 14.0. The van der Waals surface area contributed by atoms with Crippen LogP contribution in [-0.4, -0.2) is 38.1 Å². The second-order valence-corrected chi connectivity index (χ2v) is 7.24. The van der Waals surface area contributed by atoms with Crippen molar-refractivity contribution in [3.05, 3.63) is 45.7 Å². The monoisotopic (exact) mass is 491 g/mol. The second-order valence-electron chi connectivity index (χ2n) is 5.92. The van der Waals surface area contributed by atoms with Gasteiger partial charge in [0, 0.05) is 44.7 Å². The molecule has 2 aromatic rings. The summed E-state index contributed by atoms with van der Waals surface area (Å²) in [4.78, 5) is 11.9. The quantitative estimate of drug-likeness (QED) is 0.353. The van der Waals surface area contributed by atoms with Crippen molar-refractivity contribution < 1.29 is 4.39 Å². The molecule has 0 aliphatic heterocycles. The maximum absolute atomic E-state index is 14.0. The van der Waals surface area contributed by atoms with E-state index < -0.39 is 0 Å². The molecular weight excluding hydrogens is 464 g/mol. The van der Waals surface area contributed by atoms with Crippen LogP contribution < -0.4 is 15.5 Å². The van der Waals surface area contributed by atoms with Gasteiger partial charge in [-0.3, -0.25) is 0 Å². The second kappa shape index (κ2) is 11.3. The SMILES string of the molecule is CCNC(=NCc1ccc(N(C)C)c(F)c1)NCCc1ncc(C)s1.I. The van der Waals surface area contributed by atoms with Gasteiger partial charge in [0.1, 0.15) is 5.82 Å². The minimum absolute atomic E-state index is 0. The fourth-order valence-electron chi connectivity index (χ4n) is 2.33. The molecule has 0 aliphatic rings. The summed E-state index contributed by atoms with van der Waals surface area (Å²) in [7, 11) is 3.65. The molecule has 0 saturated heterocycles. The highest BCUT2D eigenvalue weighted by molar-refractivity contribution is 14.0. The number of benzene rings is 1. The van der Waals surface area contributed by atoms with Crippen molar-refractivity contribution in [1.82, 2.24) is 15.6 Å². The maximum Gasteiger partial charge on any atom is 0.191 e. The number of halogens is 2. The topological polar surface area (TPSA) is 52.6 Å². The molecule has 2 N–H and O–H groups in total. The van der Waals surface area contributed by atoms with Gasteiger partial charge in [-0.1, -0.05) is 6.07 Å². The predicted molar refractivity (Wildman–Crippen MR) is 120 cm³/mol. The Morgan fingerprint density at radius 3 is 2.65 bits per heavy atom. The minimum atomic E-state index is -0.227. The molecule has 0 bridgehead atoms. The molecule has 1 aromatic heterocycles. The van der Waals surface area contributed by atoms with Crippen LogP contribution in [0.2, 0.25) is 0 Å². The summed E-state index contributed by atoms with van der Waals surface area (Å²) in [6.07, 6.45) is 2.75. The zero-order chi connectivity index (χ0) is 18.2. The summed E-state index contributed by atoms with van der Waals surface area (Å²) in [5.74, 6) is 0.502. The average Bonchev–Trinajstić information content (AvgIpc) is 2.97. The number of aromatic nitrogens is 1. The number of guanidine groups is 1. The highest BCUT2D eigenvalue weighted by atomic mass is 127. The predicted octanol–water partition coefficient (Wildman–Crippen LogP) is 3.57.